The molecule has 25 heavy (non-hydrogen) atoms. The smallest absolute Gasteiger partial charge is 0.187 e. The van der Waals surface area contributed by atoms with Gasteiger partial charge in [0.2, 0.25) is 0 Å². The summed E-state index contributed by atoms with van der Waals surface area (Å²) in [4.78, 5) is 4.45. The third kappa shape index (κ3) is 3.33. The van der Waals surface area contributed by atoms with Crippen LogP contribution in [-0.2, 0) is 0 Å². The van der Waals surface area contributed by atoms with Gasteiger partial charge < -0.3 is 14.8 Å². The van der Waals surface area contributed by atoms with E-state index < -0.39 is 0 Å². The van der Waals surface area contributed by atoms with E-state index in [1.54, 1.807) is 6.20 Å². The minimum absolute atomic E-state index is 0.475. The van der Waals surface area contributed by atoms with Gasteiger partial charge >= 0.3 is 0 Å². The third-order valence-corrected chi connectivity index (χ3v) is 3.71. The van der Waals surface area contributed by atoms with E-state index in [1.165, 1.54) is 0 Å². The standard InChI is InChI=1S/C20H19N3O2/c1-3-24-17-11-10-16-18(23-15-8-6-5-7-9-15)14(12-21)13-22-19(16)20(17)25-4-2/h5-11,13H,3-4H2,1-2H3,(H,22,23). The molecule has 0 saturated heterocycles. The molecule has 1 aromatic heterocycles. The quantitative estimate of drug-likeness (QED) is 0.711. The summed E-state index contributed by atoms with van der Waals surface area (Å²) in [7, 11) is 0. The van der Waals surface area contributed by atoms with Gasteiger partial charge in [0.15, 0.2) is 11.5 Å². The van der Waals surface area contributed by atoms with Gasteiger partial charge in [0, 0.05) is 17.3 Å². The van der Waals surface area contributed by atoms with Crippen molar-refractivity contribution in [2.75, 3.05) is 18.5 Å². The summed E-state index contributed by atoms with van der Waals surface area (Å²) in [6, 6.07) is 15.7. The van der Waals surface area contributed by atoms with Crippen molar-refractivity contribution < 1.29 is 9.47 Å². The Bertz CT molecular complexity index is 918. The molecule has 0 aliphatic carbocycles. The number of anilines is 2. The van der Waals surface area contributed by atoms with Gasteiger partial charge in [-0.25, -0.2) is 0 Å². The number of nitrogens with one attached hydrogen (secondary N) is 1. The molecule has 0 bridgehead atoms. The van der Waals surface area contributed by atoms with Crippen LogP contribution in [0.1, 0.15) is 19.4 Å². The summed E-state index contributed by atoms with van der Waals surface area (Å²) in [5, 5.41) is 13.6. The Hall–Kier alpha value is -3.26. The van der Waals surface area contributed by atoms with Crippen LogP contribution >= 0.6 is 0 Å². The van der Waals surface area contributed by atoms with Gasteiger partial charge in [-0.1, -0.05) is 18.2 Å². The first kappa shape index (κ1) is 16.6. The highest BCUT2D eigenvalue weighted by atomic mass is 16.5. The highest BCUT2D eigenvalue weighted by Gasteiger charge is 2.16. The van der Waals surface area contributed by atoms with Crippen LogP contribution in [-0.4, -0.2) is 18.2 Å². The van der Waals surface area contributed by atoms with E-state index in [2.05, 4.69) is 16.4 Å². The Morgan fingerprint density at radius 2 is 1.80 bits per heavy atom. The van der Waals surface area contributed by atoms with E-state index in [4.69, 9.17) is 9.47 Å². The first-order valence-corrected chi connectivity index (χ1v) is 8.22. The summed E-state index contributed by atoms with van der Waals surface area (Å²) >= 11 is 0. The number of benzene rings is 2. The molecule has 0 spiro atoms. The molecule has 5 heteroatoms. The van der Waals surface area contributed by atoms with E-state index in [1.807, 2.05) is 56.3 Å². The second kappa shape index (κ2) is 7.54. The molecule has 0 atom stereocenters. The fourth-order valence-electron chi connectivity index (χ4n) is 2.66. The molecular weight excluding hydrogens is 314 g/mol. The van der Waals surface area contributed by atoms with Gasteiger partial charge in [0.25, 0.3) is 0 Å². The summed E-state index contributed by atoms with van der Waals surface area (Å²) in [5.41, 5.74) is 2.76. The Balaban J connectivity index is 2.20. The number of pyridine rings is 1. The second-order valence-corrected chi connectivity index (χ2v) is 5.30. The van der Waals surface area contributed by atoms with Gasteiger partial charge in [-0.05, 0) is 38.1 Å². The maximum Gasteiger partial charge on any atom is 0.187 e. The van der Waals surface area contributed by atoms with Crippen LogP contribution < -0.4 is 14.8 Å². The van der Waals surface area contributed by atoms with Gasteiger partial charge in [0.05, 0.1) is 24.5 Å². The van der Waals surface area contributed by atoms with Crippen LogP contribution in [0.5, 0.6) is 11.5 Å². The normalized spacial score (nSPS) is 10.3. The van der Waals surface area contributed by atoms with Crippen molar-refractivity contribution in [3.05, 3.63) is 54.2 Å². The number of aromatic nitrogens is 1. The summed E-state index contributed by atoms with van der Waals surface area (Å²) in [6.45, 7) is 4.88. The Morgan fingerprint density at radius 3 is 2.48 bits per heavy atom. The molecule has 1 heterocycles. The predicted molar refractivity (Wildman–Crippen MR) is 98.5 cm³/mol. The lowest BCUT2D eigenvalue weighted by Gasteiger charge is -2.16. The van der Waals surface area contributed by atoms with Crippen molar-refractivity contribution in [1.29, 1.82) is 5.26 Å². The van der Waals surface area contributed by atoms with Crippen molar-refractivity contribution in [3.63, 3.8) is 0 Å². The van der Waals surface area contributed by atoms with Crippen LogP contribution in [0.25, 0.3) is 10.9 Å². The Kier molecular flexibility index (Phi) is 5.00. The average Bonchev–Trinajstić information content (AvgIpc) is 2.65. The lowest BCUT2D eigenvalue weighted by molar-refractivity contribution is 0.290. The maximum atomic E-state index is 9.48. The van der Waals surface area contributed by atoms with Crippen molar-refractivity contribution in [1.82, 2.24) is 4.98 Å². The molecule has 0 amide bonds. The van der Waals surface area contributed by atoms with E-state index in [-0.39, 0.29) is 0 Å². The SMILES string of the molecule is CCOc1ccc2c(Nc3ccccc3)c(C#N)cnc2c1OCC. The number of para-hydroxylation sites is 1. The Morgan fingerprint density at radius 1 is 1.04 bits per heavy atom. The third-order valence-electron chi connectivity index (χ3n) is 3.71. The minimum Gasteiger partial charge on any atom is -0.490 e. The monoisotopic (exact) mass is 333 g/mol. The zero-order valence-electron chi connectivity index (χ0n) is 14.2. The second-order valence-electron chi connectivity index (χ2n) is 5.30. The molecule has 5 nitrogen and oxygen atoms in total. The van der Waals surface area contributed by atoms with E-state index in [0.29, 0.717) is 41.5 Å². The number of hydrogen-bond acceptors (Lipinski definition) is 5. The van der Waals surface area contributed by atoms with E-state index >= 15 is 0 Å². The molecule has 0 fully saturated rings. The fraction of sp³-hybridized carbons (Fsp3) is 0.200. The molecule has 3 aromatic rings. The van der Waals surface area contributed by atoms with E-state index in [9.17, 15) is 5.26 Å². The van der Waals surface area contributed by atoms with Gasteiger partial charge in [-0.2, -0.15) is 5.26 Å². The molecule has 2 aromatic carbocycles. The molecule has 0 aliphatic heterocycles. The molecule has 126 valence electrons. The van der Waals surface area contributed by atoms with Gasteiger partial charge in [-0.15, -0.1) is 0 Å². The van der Waals surface area contributed by atoms with Gasteiger partial charge in [-0.3, -0.25) is 4.98 Å². The average molecular weight is 333 g/mol. The number of hydrogen-bond donors (Lipinski definition) is 1. The molecule has 3 rings (SSSR count). The zero-order valence-corrected chi connectivity index (χ0v) is 14.2. The summed E-state index contributed by atoms with van der Waals surface area (Å²) in [6.07, 6.45) is 1.56. The lowest BCUT2D eigenvalue weighted by Crippen LogP contribution is -2.02. The van der Waals surface area contributed by atoms with Gasteiger partial charge in [0.1, 0.15) is 11.6 Å². The largest absolute Gasteiger partial charge is 0.490 e. The molecule has 0 unspecified atom stereocenters. The molecule has 0 radical (unpaired) electrons. The lowest BCUT2D eigenvalue weighted by atomic mass is 10.1. The van der Waals surface area contributed by atoms with Crippen molar-refractivity contribution >= 4 is 22.3 Å². The first-order chi connectivity index (χ1) is 12.3. The zero-order chi connectivity index (χ0) is 17.6. The highest BCUT2D eigenvalue weighted by Crippen LogP contribution is 2.39. The molecule has 0 aliphatic rings. The van der Waals surface area contributed by atoms with E-state index in [0.717, 1.165) is 11.1 Å². The van der Waals surface area contributed by atoms with Crippen molar-refractivity contribution in [2.45, 2.75) is 13.8 Å². The van der Waals surface area contributed by atoms with Crippen LogP contribution in [0.15, 0.2) is 48.7 Å². The fourth-order valence-corrected chi connectivity index (χ4v) is 2.66. The maximum absolute atomic E-state index is 9.48. The molecular formula is C20H19N3O2. The highest BCUT2D eigenvalue weighted by molar-refractivity contribution is 5.99. The number of rotatable bonds is 6. The van der Waals surface area contributed by atoms with Crippen LogP contribution in [0, 0.1) is 11.3 Å². The predicted octanol–water partition coefficient (Wildman–Crippen LogP) is 4.65. The van der Waals surface area contributed by atoms with Crippen LogP contribution in [0.2, 0.25) is 0 Å². The first-order valence-electron chi connectivity index (χ1n) is 8.22. The number of ether oxygens (including phenoxy) is 2. The van der Waals surface area contributed by atoms with Crippen LogP contribution in [0.4, 0.5) is 11.4 Å². The minimum atomic E-state index is 0.475. The number of fused-ring (bicyclic) bond motifs is 1. The van der Waals surface area contributed by atoms with Crippen LogP contribution in [0.3, 0.4) is 0 Å². The van der Waals surface area contributed by atoms with Crippen molar-refractivity contribution in [3.8, 4) is 17.6 Å². The van der Waals surface area contributed by atoms with Crippen molar-refractivity contribution in [2.24, 2.45) is 0 Å². The summed E-state index contributed by atoms with van der Waals surface area (Å²) in [5.74, 6) is 1.25. The summed E-state index contributed by atoms with van der Waals surface area (Å²) < 4.78 is 11.4. The Labute approximate surface area is 146 Å². The molecule has 1 N–H and O–H groups in total. The topological polar surface area (TPSA) is 67.2 Å². The number of nitrogens with zero attached hydrogens (tertiary/aromatic N) is 2. The molecule has 0 saturated carbocycles. The number of nitriles is 1.